The van der Waals surface area contributed by atoms with Crippen molar-refractivity contribution in [1.82, 2.24) is 19.9 Å². The summed E-state index contributed by atoms with van der Waals surface area (Å²) in [6.07, 6.45) is 8.81. The molecule has 0 radical (unpaired) electrons. The Morgan fingerprint density at radius 2 is 2.18 bits per heavy atom. The third kappa shape index (κ3) is 2.22. The minimum Gasteiger partial charge on any atom is -0.330 e. The van der Waals surface area contributed by atoms with Crippen LogP contribution in [0.1, 0.15) is 23.6 Å². The number of aromatic nitrogens is 3. The van der Waals surface area contributed by atoms with E-state index in [1.807, 2.05) is 24.9 Å². The van der Waals surface area contributed by atoms with Crippen LogP contribution in [-0.2, 0) is 6.54 Å². The third-order valence-electron chi connectivity index (χ3n) is 3.33. The maximum atomic E-state index is 4.28. The molecule has 88 valence electrons. The Kier molecular flexibility index (Phi) is 2.88. The third-order valence-corrected chi connectivity index (χ3v) is 3.33. The predicted octanol–water partition coefficient (Wildman–Crippen LogP) is 1.40. The van der Waals surface area contributed by atoms with E-state index in [-0.39, 0.29) is 0 Å². The molecule has 1 atom stereocenters. The molecule has 3 heterocycles. The molecule has 4 heteroatoms. The van der Waals surface area contributed by atoms with Gasteiger partial charge in [-0.1, -0.05) is 0 Å². The van der Waals surface area contributed by atoms with Crippen molar-refractivity contribution in [3.05, 3.63) is 48.3 Å². The molecular weight excluding hydrogens is 212 g/mol. The first-order valence-electron chi connectivity index (χ1n) is 6.03. The highest BCUT2D eigenvalue weighted by Gasteiger charge is 2.19. The standard InChI is InChI=1S/C13H16N4/c1-4-14-5-2-11(1)9-17-10-16-8-13(17)12-3-6-15-7-12/h1-2,4-5,8,10,12,15H,3,6-7,9H2. The highest BCUT2D eigenvalue weighted by Crippen LogP contribution is 2.22. The van der Waals surface area contributed by atoms with Gasteiger partial charge in [-0.25, -0.2) is 4.98 Å². The van der Waals surface area contributed by atoms with E-state index in [1.54, 1.807) is 0 Å². The average Bonchev–Trinajstić information content (AvgIpc) is 3.00. The van der Waals surface area contributed by atoms with E-state index in [9.17, 15) is 0 Å². The molecule has 0 saturated carbocycles. The van der Waals surface area contributed by atoms with Crippen LogP contribution in [0.3, 0.4) is 0 Å². The normalized spacial score (nSPS) is 19.6. The maximum Gasteiger partial charge on any atom is 0.0951 e. The van der Waals surface area contributed by atoms with E-state index in [0.29, 0.717) is 5.92 Å². The van der Waals surface area contributed by atoms with Gasteiger partial charge in [-0.2, -0.15) is 0 Å². The lowest BCUT2D eigenvalue weighted by molar-refractivity contribution is 0.654. The molecule has 1 unspecified atom stereocenters. The summed E-state index contributed by atoms with van der Waals surface area (Å²) >= 11 is 0. The smallest absolute Gasteiger partial charge is 0.0951 e. The van der Waals surface area contributed by atoms with Crippen molar-refractivity contribution < 1.29 is 0 Å². The van der Waals surface area contributed by atoms with Gasteiger partial charge < -0.3 is 9.88 Å². The van der Waals surface area contributed by atoms with Crippen LogP contribution in [0, 0.1) is 0 Å². The summed E-state index contributed by atoms with van der Waals surface area (Å²) in [6.45, 7) is 3.07. The summed E-state index contributed by atoms with van der Waals surface area (Å²) in [5.41, 5.74) is 2.61. The van der Waals surface area contributed by atoms with Gasteiger partial charge in [0.05, 0.1) is 6.33 Å². The van der Waals surface area contributed by atoms with Crippen molar-refractivity contribution in [2.24, 2.45) is 0 Å². The summed E-state index contributed by atoms with van der Waals surface area (Å²) < 4.78 is 2.24. The molecule has 3 rings (SSSR count). The van der Waals surface area contributed by atoms with Crippen LogP contribution >= 0.6 is 0 Å². The molecule has 0 amide bonds. The highest BCUT2D eigenvalue weighted by molar-refractivity contribution is 5.15. The summed E-state index contributed by atoms with van der Waals surface area (Å²) in [5.74, 6) is 0.610. The van der Waals surface area contributed by atoms with Gasteiger partial charge in [0, 0.05) is 43.3 Å². The number of pyridine rings is 1. The van der Waals surface area contributed by atoms with E-state index in [4.69, 9.17) is 0 Å². The molecule has 2 aromatic heterocycles. The fraction of sp³-hybridized carbons (Fsp3) is 0.385. The molecule has 17 heavy (non-hydrogen) atoms. The number of rotatable bonds is 3. The lowest BCUT2D eigenvalue weighted by atomic mass is 10.1. The van der Waals surface area contributed by atoms with Crippen LogP contribution in [0.4, 0.5) is 0 Å². The van der Waals surface area contributed by atoms with Crippen molar-refractivity contribution in [2.45, 2.75) is 18.9 Å². The predicted molar refractivity (Wildman–Crippen MR) is 65.8 cm³/mol. The summed E-state index contributed by atoms with van der Waals surface area (Å²) in [5, 5.41) is 3.40. The second-order valence-electron chi connectivity index (χ2n) is 4.49. The lowest BCUT2D eigenvalue weighted by Crippen LogP contribution is -2.12. The van der Waals surface area contributed by atoms with Crippen LogP contribution < -0.4 is 5.32 Å². The fourth-order valence-electron chi connectivity index (χ4n) is 2.40. The number of hydrogen-bond acceptors (Lipinski definition) is 3. The number of nitrogens with one attached hydrogen (secondary N) is 1. The largest absolute Gasteiger partial charge is 0.330 e. The molecule has 0 aliphatic carbocycles. The fourth-order valence-corrected chi connectivity index (χ4v) is 2.40. The summed E-state index contributed by atoms with van der Waals surface area (Å²) in [6, 6.07) is 4.10. The topological polar surface area (TPSA) is 42.7 Å². The molecule has 1 saturated heterocycles. The first-order chi connectivity index (χ1) is 8.43. The van der Waals surface area contributed by atoms with Gasteiger partial charge in [-0.3, -0.25) is 4.98 Å². The minimum atomic E-state index is 0.610. The zero-order valence-electron chi connectivity index (χ0n) is 9.71. The van der Waals surface area contributed by atoms with Crippen LogP contribution in [-0.4, -0.2) is 27.6 Å². The first-order valence-corrected chi connectivity index (χ1v) is 6.03. The molecule has 1 aliphatic rings. The van der Waals surface area contributed by atoms with E-state index < -0.39 is 0 Å². The molecule has 4 nitrogen and oxygen atoms in total. The molecular formula is C13H16N4. The zero-order chi connectivity index (χ0) is 11.5. The number of nitrogens with zero attached hydrogens (tertiary/aromatic N) is 3. The van der Waals surface area contributed by atoms with Gasteiger partial charge in [-0.05, 0) is 30.7 Å². The molecule has 1 fully saturated rings. The van der Waals surface area contributed by atoms with Crippen LogP contribution in [0.25, 0.3) is 0 Å². The Morgan fingerprint density at radius 3 is 2.94 bits per heavy atom. The Hall–Kier alpha value is -1.68. The van der Waals surface area contributed by atoms with Gasteiger partial charge in [0.15, 0.2) is 0 Å². The molecule has 1 N–H and O–H groups in total. The van der Waals surface area contributed by atoms with Crippen LogP contribution in [0.2, 0.25) is 0 Å². The SMILES string of the molecule is c1cc(Cn2cncc2C2CCNC2)ccn1. The zero-order valence-corrected chi connectivity index (χ0v) is 9.71. The molecule has 0 aromatic carbocycles. The Balaban J connectivity index is 1.81. The number of hydrogen-bond donors (Lipinski definition) is 1. The highest BCUT2D eigenvalue weighted by atomic mass is 15.1. The van der Waals surface area contributed by atoms with Gasteiger partial charge >= 0.3 is 0 Å². The summed E-state index contributed by atoms with van der Waals surface area (Å²) in [7, 11) is 0. The van der Waals surface area contributed by atoms with Crippen molar-refractivity contribution in [1.29, 1.82) is 0 Å². The van der Waals surface area contributed by atoms with E-state index in [1.165, 1.54) is 17.7 Å². The van der Waals surface area contributed by atoms with Crippen LogP contribution in [0.15, 0.2) is 37.1 Å². The first kappa shape index (κ1) is 10.5. The van der Waals surface area contributed by atoms with Gasteiger partial charge in [0.2, 0.25) is 0 Å². The van der Waals surface area contributed by atoms with Gasteiger partial charge in [0.25, 0.3) is 0 Å². The van der Waals surface area contributed by atoms with E-state index >= 15 is 0 Å². The molecule has 0 bridgehead atoms. The van der Waals surface area contributed by atoms with Crippen LogP contribution in [0.5, 0.6) is 0 Å². The van der Waals surface area contributed by atoms with Crippen molar-refractivity contribution in [3.63, 3.8) is 0 Å². The Bertz CT molecular complexity index is 471. The minimum absolute atomic E-state index is 0.610. The summed E-state index contributed by atoms with van der Waals surface area (Å²) in [4.78, 5) is 8.32. The second-order valence-corrected chi connectivity index (χ2v) is 4.49. The van der Waals surface area contributed by atoms with Gasteiger partial charge in [0.1, 0.15) is 0 Å². The van der Waals surface area contributed by atoms with Gasteiger partial charge in [-0.15, -0.1) is 0 Å². The average molecular weight is 228 g/mol. The Morgan fingerprint density at radius 1 is 1.29 bits per heavy atom. The monoisotopic (exact) mass is 228 g/mol. The molecule has 0 spiro atoms. The molecule has 2 aromatic rings. The van der Waals surface area contributed by atoms with Crippen molar-refractivity contribution >= 4 is 0 Å². The van der Waals surface area contributed by atoms with Crippen molar-refractivity contribution in [3.8, 4) is 0 Å². The quantitative estimate of drug-likeness (QED) is 0.863. The molecule has 1 aliphatic heterocycles. The number of imidazole rings is 1. The lowest BCUT2D eigenvalue weighted by Gasteiger charge is -2.12. The van der Waals surface area contributed by atoms with E-state index in [2.05, 4.69) is 32.0 Å². The van der Waals surface area contributed by atoms with E-state index in [0.717, 1.165) is 19.6 Å². The second kappa shape index (κ2) is 4.67. The Labute approximate surface area is 101 Å². The maximum absolute atomic E-state index is 4.28. The van der Waals surface area contributed by atoms with Crippen molar-refractivity contribution in [2.75, 3.05) is 13.1 Å².